The quantitative estimate of drug-likeness (QED) is 0.343. The second-order valence-corrected chi connectivity index (χ2v) is 4.96. The van der Waals surface area contributed by atoms with E-state index in [1.54, 1.807) is 0 Å². The number of alkyl halides is 18. The summed E-state index contributed by atoms with van der Waals surface area (Å²) in [5, 5.41) is -7.75. The first-order valence-electron chi connectivity index (χ1n) is 5.15. The van der Waals surface area contributed by atoms with E-state index in [-0.39, 0.29) is 0 Å². The van der Waals surface area contributed by atoms with E-state index in [0.29, 0.717) is 0 Å². The highest BCUT2D eigenvalue weighted by Crippen LogP contribution is 2.64. The molecule has 0 heterocycles. The molecular formula is C8ClF17. The second-order valence-electron chi connectivity index (χ2n) is 4.44. The zero-order valence-corrected chi connectivity index (χ0v) is 11.6. The lowest BCUT2D eigenvalue weighted by Gasteiger charge is -2.42. The fourth-order valence-corrected chi connectivity index (χ4v) is 1.38. The number of hydrogen-bond donors (Lipinski definition) is 0. The van der Waals surface area contributed by atoms with Crippen molar-refractivity contribution in [1.29, 1.82) is 0 Å². The Morgan fingerprint density at radius 1 is 0.308 bits per heavy atom. The van der Waals surface area contributed by atoms with Crippen LogP contribution >= 0.6 is 11.6 Å². The van der Waals surface area contributed by atoms with Crippen LogP contribution in [-0.2, 0) is 0 Å². The molecular weight excluding hydrogens is 455 g/mol. The molecule has 26 heavy (non-hydrogen) atoms. The summed E-state index contributed by atoms with van der Waals surface area (Å²) < 4.78 is 211. The van der Waals surface area contributed by atoms with E-state index >= 15 is 0 Å². The van der Waals surface area contributed by atoms with Crippen molar-refractivity contribution in [2.24, 2.45) is 0 Å². The van der Waals surface area contributed by atoms with E-state index < -0.39 is 47.1 Å². The van der Waals surface area contributed by atoms with Crippen LogP contribution in [0.15, 0.2) is 0 Å². The van der Waals surface area contributed by atoms with Gasteiger partial charge in [0, 0.05) is 0 Å². The van der Waals surface area contributed by atoms with Crippen LogP contribution in [0.25, 0.3) is 0 Å². The van der Waals surface area contributed by atoms with Crippen molar-refractivity contribution in [3.63, 3.8) is 0 Å². The van der Waals surface area contributed by atoms with Crippen LogP contribution in [0.5, 0.6) is 0 Å². The molecule has 0 nitrogen and oxygen atoms in total. The highest BCUT2D eigenvalue weighted by atomic mass is 35.5. The lowest BCUT2D eigenvalue weighted by Crippen LogP contribution is -2.73. The predicted molar refractivity (Wildman–Crippen MR) is 46.5 cm³/mol. The molecule has 0 bridgehead atoms. The Balaban J connectivity index is 6.61. The largest absolute Gasteiger partial charge is 0.460 e. The van der Waals surface area contributed by atoms with Crippen LogP contribution in [0.1, 0.15) is 0 Å². The van der Waals surface area contributed by atoms with Gasteiger partial charge < -0.3 is 0 Å². The third kappa shape index (κ3) is 2.93. The third-order valence-electron chi connectivity index (χ3n) is 2.68. The first-order valence-corrected chi connectivity index (χ1v) is 5.53. The Kier molecular flexibility index (Phi) is 5.60. The molecule has 1 unspecified atom stereocenters. The maximum absolute atomic E-state index is 13.2. The Labute approximate surface area is 134 Å². The van der Waals surface area contributed by atoms with Crippen molar-refractivity contribution in [2.75, 3.05) is 0 Å². The van der Waals surface area contributed by atoms with Crippen molar-refractivity contribution in [3.05, 3.63) is 0 Å². The molecule has 0 N–H and O–H groups in total. The highest BCUT2D eigenvalue weighted by Gasteiger charge is 2.94. The van der Waals surface area contributed by atoms with Crippen molar-refractivity contribution in [2.45, 2.75) is 47.1 Å². The summed E-state index contributed by atoms with van der Waals surface area (Å²) in [6.45, 7) is 0. The zero-order valence-electron chi connectivity index (χ0n) is 10.8. The minimum Gasteiger partial charge on any atom is -0.212 e. The van der Waals surface area contributed by atoms with E-state index in [0.717, 1.165) is 0 Å². The fourth-order valence-electron chi connectivity index (χ4n) is 1.14. The lowest BCUT2D eigenvalue weighted by molar-refractivity contribution is -0.434. The summed E-state index contributed by atoms with van der Waals surface area (Å²) in [6.07, 6.45) is -15.4. The van der Waals surface area contributed by atoms with Crippen LogP contribution in [0.2, 0.25) is 0 Å². The monoisotopic (exact) mass is 454 g/mol. The van der Waals surface area contributed by atoms with Gasteiger partial charge in [-0.05, 0) is 0 Å². The molecule has 0 radical (unpaired) electrons. The molecule has 0 aliphatic heterocycles. The summed E-state index contributed by atoms with van der Waals surface area (Å²) in [7, 11) is 0. The minimum absolute atomic E-state index is 3.32. The first kappa shape index (κ1) is 25.1. The molecule has 18 heteroatoms. The van der Waals surface area contributed by atoms with Gasteiger partial charge in [0.15, 0.2) is 0 Å². The summed E-state index contributed by atoms with van der Waals surface area (Å²) in [6, 6.07) is 0. The smallest absolute Gasteiger partial charge is 0.212 e. The second kappa shape index (κ2) is 5.80. The van der Waals surface area contributed by atoms with E-state index in [4.69, 9.17) is 0 Å². The summed E-state index contributed by atoms with van der Waals surface area (Å²) in [5.74, 6) is -40.8. The zero-order chi connectivity index (χ0) is 22.0. The Bertz CT molecular complexity index is 474. The van der Waals surface area contributed by atoms with Gasteiger partial charge in [0.2, 0.25) is 0 Å². The number of halogens is 18. The average molecular weight is 455 g/mol. The molecule has 0 fully saturated rings. The molecule has 0 rings (SSSR count). The van der Waals surface area contributed by atoms with Crippen LogP contribution in [0.3, 0.4) is 0 Å². The molecule has 0 saturated carbocycles. The molecule has 0 amide bonds. The van der Waals surface area contributed by atoms with E-state index in [9.17, 15) is 74.6 Å². The Morgan fingerprint density at radius 3 is 0.731 bits per heavy atom. The van der Waals surface area contributed by atoms with Gasteiger partial charge in [0.05, 0.1) is 0 Å². The molecule has 0 spiro atoms. The van der Waals surface area contributed by atoms with Crippen molar-refractivity contribution >= 4 is 11.6 Å². The van der Waals surface area contributed by atoms with Gasteiger partial charge in [0.1, 0.15) is 0 Å². The Morgan fingerprint density at radius 2 is 0.500 bits per heavy atom. The van der Waals surface area contributed by atoms with Gasteiger partial charge in [0.25, 0.3) is 0 Å². The summed E-state index contributed by atoms with van der Waals surface area (Å²) in [4.78, 5) is 0. The normalized spacial score (nSPS) is 18.7. The molecule has 0 aromatic heterocycles. The molecule has 0 aromatic carbocycles. The number of rotatable bonds is 5. The van der Waals surface area contributed by atoms with Gasteiger partial charge in [-0.3, -0.25) is 0 Å². The third-order valence-corrected chi connectivity index (χ3v) is 3.16. The number of hydrogen-bond acceptors (Lipinski definition) is 0. The predicted octanol–water partition coefficient (Wildman–Crippen LogP) is 6.19. The molecule has 0 saturated heterocycles. The van der Waals surface area contributed by atoms with E-state index in [1.165, 1.54) is 0 Å². The van der Waals surface area contributed by atoms with Crippen molar-refractivity contribution in [1.82, 2.24) is 0 Å². The summed E-state index contributed by atoms with van der Waals surface area (Å²) >= 11 is 3.32. The van der Waals surface area contributed by atoms with Gasteiger partial charge in [-0.1, -0.05) is 11.6 Å². The lowest BCUT2D eigenvalue weighted by atomic mass is 9.92. The van der Waals surface area contributed by atoms with Crippen LogP contribution in [0, 0.1) is 0 Å². The van der Waals surface area contributed by atoms with Crippen LogP contribution < -0.4 is 0 Å². The maximum atomic E-state index is 13.2. The van der Waals surface area contributed by atoms with E-state index in [1.807, 2.05) is 0 Å². The van der Waals surface area contributed by atoms with Crippen LogP contribution in [0.4, 0.5) is 74.6 Å². The molecule has 158 valence electrons. The summed E-state index contributed by atoms with van der Waals surface area (Å²) in [5.41, 5.74) is 0. The first-order chi connectivity index (χ1) is 10.8. The Hall–Kier alpha value is -0.900. The average Bonchev–Trinajstić information content (AvgIpc) is 2.34. The minimum atomic E-state index is -8.32. The van der Waals surface area contributed by atoms with E-state index in [2.05, 4.69) is 11.6 Å². The molecule has 1 atom stereocenters. The van der Waals surface area contributed by atoms with Gasteiger partial charge in [-0.25, -0.2) is 4.39 Å². The fraction of sp³-hybridized carbons (Fsp3) is 1.00. The SMILES string of the molecule is FC(F)(F)C(F)(F)C(F)(F)C(F)(F)C(F)(Cl)C(F)(F)C(F)(F)C(F)(F)F. The maximum Gasteiger partial charge on any atom is 0.460 e. The molecule has 0 aliphatic carbocycles. The van der Waals surface area contributed by atoms with Crippen molar-refractivity contribution < 1.29 is 74.6 Å². The standard InChI is InChI=1S/C8ClF17/c9-1(10,3(13,14)5(17,18)7(21,22)23)2(11,12)4(15,16)6(19,20)8(24,25)26. The topological polar surface area (TPSA) is 0 Å². The van der Waals surface area contributed by atoms with Gasteiger partial charge >= 0.3 is 47.1 Å². The molecule has 0 aromatic rings. The van der Waals surface area contributed by atoms with Crippen molar-refractivity contribution in [3.8, 4) is 0 Å². The highest BCUT2D eigenvalue weighted by molar-refractivity contribution is 6.24. The molecule has 0 aliphatic rings. The van der Waals surface area contributed by atoms with Crippen LogP contribution in [-0.4, -0.2) is 47.1 Å². The van der Waals surface area contributed by atoms with Gasteiger partial charge in [-0.2, -0.15) is 70.2 Å². The van der Waals surface area contributed by atoms with Gasteiger partial charge in [-0.15, -0.1) is 0 Å².